The van der Waals surface area contributed by atoms with Crippen molar-refractivity contribution in [1.82, 2.24) is 10.6 Å². The minimum absolute atomic E-state index is 0.0875. The Balaban J connectivity index is 4.26. The van der Waals surface area contributed by atoms with E-state index in [0.29, 0.717) is 19.3 Å². The topological polar surface area (TPSA) is 142 Å². The molecule has 0 aromatic rings. The number of ether oxygens (including phenoxy) is 1. The summed E-state index contributed by atoms with van der Waals surface area (Å²) >= 11 is 0. The quantitative estimate of drug-likeness (QED) is 0.0277. The number of hydrogen-bond donors (Lipinski definition) is 4. The van der Waals surface area contributed by atoms with Gasteiger partial charge < -0.3 is 25.6 Å². The number of allylic oxidation sites excluding steroid dienone is 7. The number of carbonyl (C=O) groups excluding carboxylic acids is 3. The maximum atomic E-state index is 12.7. The molecule has 0 aliphatic rings. The number of nitrogens with one attached hydrogen (secondary N) is 2. The Morgan fingerprint density at radius 2 is 1.09 bits per heavy atom. The lowest BCUT2D eigenvalue weighted by atomic mass is 10.0. The zero-order chi connectivity index (χ0) is 40.5. The van der Waals surface area contributed by atoms with Crippen molar-refractivity contribution < 1.29 is 34.1 Å². The lowest BCUT2D eigenvalue weighted by Crippen LogP contribution is -2.47. The van der Waals surface area contributed by atoms with Crippen LogP contribution >= 0.6 is 0 Å². The average Bonchev–Trinajstić information content (AvgIpc) is 3.17. The van der Waals surface area contributed by atoms with Crippen molar-refractivity contribution in [3.63, 3.8) is 0 Å². The molecule has 0 heterocycles. The van der Waals surface area contributed by atoms with Crippen molar-refractivity contribution >= 4 is 23.8 Å². The minimum Gasteiger partial charge on any atom is -0.480 e. The van der Waals surface area contributed by atoms with Crippen LogP contribution in [0.2, 0.25) is 0 Å². The Bertz CT molecular complexity index is 1070. The maximum Gasteiger partial charge on any atom is 0.328 e. The van der Waals surface area contributed by atoms with E-state index in [1.165, 1.54) is 77.0 Å². The van der Waals surface area contributed by atoms with E-state index in [2.05, 4.69) is 73.1 Å². The minimum atomic E-state index is -1.38. The van der Waals surface area contributed by atoms with Crippen LogP contribution in [-0.4, -0.2) is 59.3 Å². The highest BCUT2D eigenvalue weighted by molar-refractivity contribution is 5.87. The number of aliphatic hydroxyl groups excluding tert-OH is 1. The predicted molar refractivity (Wildman–Crippen MR) is 227 cm³/mol. The first-order chi connectivity index (χ1) is 26.8. The van der Waals surface area contributed by atoms with E-state index in [1.54, 1.807) is 0 Å². The van der Waals surface area contributed by atoms with Crippen molar-refractivity contribution in [1.29, 1.82) is 0 Å². The number of carbonyl (C=O) groups is 4. The smallest absolute Gasteiger partial charge is 0.328 e. The fourth-order valence-corrected chi connectivity index (χ4v) is 6.17. The van der Waals surface area contributed by atoms with Crippen LogP contribution in [0.4, 0.5) is 0 Å². The molecule has 0 aliphatic carbocycles. The summed E-state index contributed by atoms with van der Waals surface area (Å²) in [4.78, 5) is 47.4. The Hall–Kier alpha value is -3.20. The zero-order valence-electron chi connectivity index (χ0n) is 34.9. The van der Waals surface area contributed by atoms with Gasteiger partial charge in [0, 0.05) is 12.8 Å². The lowest BCUT2D eigenvalue weighted by Gasteiger charge is -2.15. The van der Waals surface area contributed by atoms with Gasteiger partial charge in [0.1, 0.15) is 12.1 Å². The summed E-state index contributed by atoms with van der Waals surface area (Å²) in [6.45, 7) is 3.36. The summed E-state index contributed by atoms with van der Waals surface area (Å²) in [7, 11) is 0. The molecule has 2 unspecified atom stereocenters. The van der Waals surface area contributed by atoms with E-state index >= 15 is 0 Å². The number of rotatable bonds is 39. The molecule has 0 aromatic carbocycles. The summed E-state index contributed by atoms with van der Waals surface area (Å²) in [5.41, 5.74) is 0. The third-order valence-corrected chi connectivity index (χ3v) is 9.54. The van der Waals surface area contributed by atoms with Gasteiger partial charge in [0.15, 0.2) is 0 Å². The molecule has 0 rings (SSSR count). The third kappa shape index (κ3) is 37.5. The molecule has 2 amide bonds. The Labute approximate surface area is 335 Å². The first kappa shape index (κ1) is 51.8. The van der Waals surface area contributed by atoms with Gasteiger partial charge in [0.05, 0.1) is 13.2 Å². The molecule has 0 aromatic heterocycles. The second kappa shape index (κ2) is 40.5. The van der Waals surface area contributed by atoms with Crippen LogP contribution < -0.4 is 10.6 Å². The molecule has 0 spiro atoms. The van der Waals surface area contributed by atoms with Gasteiger partial charge in [-0.3, -0.25) is 14.4 Å². The zero-order valence-corrected chi connectivity index (χ0v) is 34.9. The molecule has 0 saturated carbocycles. The fourth-order valence-electron chi connectivity index (χ4n) is 6.17. The molecular weight excluding hydrogens is 693 g/mol. The van der Waals surface area contributed by atoms with E-state index in [1.807, 2.05) is 0 Å². The number of carboxylic acid groups (broad SMARTS) is 1. The Morgan fingerprint density at radius 3 is 1.67 bits per heavy atom. The van der Waals surface area contributed by atoms with Crippen molar-refractivity contribution in [2.45, 2.75) is 206 Å². The molecule has 9 heteroatoms. The van der Waals surface area contributed by atoms with Crippen LogP contribution in [-0.2, 0) is 23.9 Å². The summed E-state index contributed by atoms with van der Waals surface area (Å²) in [6.07, 6.45) is 47.3. The normalized spacial score (nSPS) is 12.9. The van der Waals surface area contributed by atoms with Crippen molar-refractivity contribution in [3.8, 4) is 0 Å². The van der Waals surface area contributed by atoms with Crippen LogP contribution in [0.5, 0.6) is 0 Å². The largest absolute Gasteiger partial charge is 0.480 e. The Kier molecular flexibility index (Phi) is 38.1. The number of carboxylic acids is 1. The molecule has 0 saturated heterocycles. The first-order valence-corrected chi connectivity index (χ1v) is 22.0. The molecule has 316 valence electrons. The van der Waals surface area contributed by atoms with Gasteiger partial charge >= 0.3 is 11.9 Å². The van der Waals surface area contributed by atoms with Gasteiger partial charge in [-0.1, -0.05) is 153 Å². The number of hydrogen-bond acceptors (Lipinski definition) is 6. The van der Waals surface area contributed by atoms with Gasteiger partial charge in [0.25, 0.3) is 0 Å². The SMILES string of the molecule is CC/C=C\C/C=C\C/C=C\CCCCCCCCCC(=O)OC(/C=C\CCCCCCCCC)CCCCCCCCC(=O)NCC(=O)NC(CO)C(=O)O. The van der Waals surface area contributed by atoms with E-state index in [0.717, 1.165) is 83.5 Å². The van der Waals surface area contributed by atoms with Crippen LogP contribution in [0, 0.1) is 0 Å². The summed E-state index contributed by atoms with van der Waals surface area (Å²) in [5, 5.41) is 22.5. The highest BCUT2D eigenvalue weighted by atomic mass is 16.5. The van der Waals surface area contributed by atoms with Gasteiger partial charge in [-0.05, 0) is 76.7 Å². The molecule has 2 atom stereocenters. The number of amides is 2. The van der Waals surface area contributed by atoms with Crippen molar-refractivity contribution in [2.24, 2.45) is 0 Å². The molecular formula is C46H80N2O7. The first-order valence-electron chi connectivity index (χ1n) is 22.0. The fraction of sp³-hybridized carbons (Fsp3) is 0.739. The molecule has 0 fully saturated rings. The monoisotopic (exact) mass is 773 g/mol. The molecule has 9 nitrogen and oxygen atoms in total. The predicted octanol–water partition coefficient (Wildman–Crippen LogP) is 10.8. The van der Waals surface area contributed by atoms with E-state index in [-0.39, 0.29) is 24.5 Å². The van der Waals surface area contributed by atoms with Crippen molar-refractivity contribution in [3.05, 3.63) is 48.6 Å². The molecule has 0 radical (unpaired) electrons. The van der Waals surface area contributed by atoms with Gasteiger partial charge in [-0.2, -0.15) is 0 Å². The lowest BCUT2D eigenvalue weighted by molar-refractivity contribution is -0.147. The second-order valence-corrected chi connectivity index (χ2v) is 14.8. The van der Waals surface area contributed by atoms with Gasteiger partial charge in [-0.15, -0.1) is 0 Å². The summed E-state index contributed by atoms with van der Waals surface area (Å²) in [6, 6.07) is -1.38. The van der Waals surface area contributed by atoms with Crippen LogP contribution in [0.3, 0.4) is 0 Å². The number of unbranched alkanes of at least 4 members (excludes halogenated alkanes) is 19. The highest BCUT2D eigenvalue weighted by Gasteiger charge is 2.18. The molecule has 55 heavy (non-hydrogen) atoms. The van der Waals surface area contributed by atoms with E-state index in [4.69, 9.17) is 14.9 Å². The molecule has 4 N–H and O–H groups in total. The van der Waals surface area contributed by atoms with E-state index < -0.39 is 24.5 Å². The highest BCUT2D eigenvalue weighted by Crippen LogP contribution is 2.16. The van der Waals surface area contributed by atoms with E-state index in [9.17, 15) is 19.2 Å². The van der Waals surface area contributed by atoms with Crippen molar-refractivity contribution in [2.75, 3.05) is 13.2 Å². The number of aliphatic carboxylic acids is 1. The molecule has 0 aliphatic heterocycles. The second-order valence-electron chi connectivity index (χ2n) is 14.8. The maximum absolute atomic E-state index is 12.7. The summed E-state index contributed by atoms with van der Waals surface area (Å²) < 4.78 is 5.95. The average molecular weight is 773 g/mol. The third-order valence-electron chi connectivity index (χ3n) is 9.54. The van der Waals surface area contributed by atoms with Crippen LogP contribution in [0.1, 0.15) is 194 Å². The molecule has 0 bridgehead atoms. The van der Waals surface area contributed by atoms with Gasteiger partial charge in [-0.25, -0.2) is 4.79 Å². The Morgan fingerprint density at radius 1 is 0.582 bits per heavy atom. The number of aliphatic hydroxyl groups is 1. The van der Waals surface area contributed by atoms with Crippen LogP contribution in [0.25, 0.3) is 0 Å². The number of esters is 1. The van der Waals surface area contributed by atoms with Gasteiger partial charge in [0.2, 0.25) is 11.8 Å². The summed E-state index contributed by atoms with van der Waals surface area (Å²) in [5.74, 6) is -2.33. The van der Waals surface area contributed by atoms with Crippen LogP contribution in [0.15, 0.2) is 48.6 Å². The standard InChI is InChI=1S/C46H80N2O7/c1-3-5-7-9-11-13-14-15-16-17-18-19-20-22-24-30-34-38-45(52)55-41(35-31-27-23-21-12-10-8-6-4-2)36-32-28-25-26-29-33-37-43(50)47-39-44(51)48-42(40-49)46(53)54/h5,7,11,13,15-16,31,35,41-42,49H,3-4,6,8-10,12,14,17-30,32-34,36-40H2,1-2H3,(H,47,50)(H,48,51)(H,53,54)/b7-5-,13-11-,16-15-,35-31-.